The molecule has 2 rings (SSSR count). The Morgan fingerprint density at radius 1 is 1.58 bits per heavy atom. The Balaban J connectivity index is 2.19. The summed E-state index contributed by atoms with van der Waals surface area (Å²) in [7, 11) is 0. The van der Waals surface area contributed by atoms with Gasteiger partial charge in [0, 0.05) is 18.8 Å². The molecule has 104 valence electrons. The Morgan fingerprint density at radius 2 is 2.26 bits per heavy atom. The van der Waals surface area contributed by atoms with Crippen LogP contribution >= 0.6 is 0 Å². The van der Waals surface area contributed by atoms with Gasteiger partial charge in [0.1, 0.15) is 0 Å². The fourth-order valence-electron chi connectivity index (χ4n) is 2.08. The quantitative estimate of drug-likeness (QED) is 0.823. The summed E-state index contributed by atoms with van der Waals surface area (Å²) in [5.74, 6) is 0.361. The number of anilines is 2. The zero-order valence-electron chi connectivity index (χ0n) is 11.5. The molecule has 0 radical (unpaired) electrons. The van der Waals surface area contributed by atoms with Gasteiger partial charge in [-0.3, -0.25) is 0 Å². The summed E-state index contributed by atoms with van der Waals surface area (Å²) in [5, 5.41) is 8.93. The van der Waals surface area contributed by atoms with E-state index in [-0.39, 0.29) is 5.56 Å². The molecule has 5 nitrogen and oxygen atoms in total. The first-order valence-electron chi connectivity index (χ1n) is 6.74. The zero-order chi connectivity index (χ0) is 14.0. The molecule has 1 fully saturated rings. The maximum atomic E-state index is 10.9. The van der Waals surface area contributed by atoms with Gasteiger partial charge in [-0.25, -0.2) is 9.78 Å². The molecule has 0 bridgehead atoms. The van der Waals surface area contributed by atoms with Gasteiger partial charge < -0.3 is 15.7 Å². The molecule has 1 saturated carbocycles. The maximum Gasteiger partial charge on any atom is 0.337 e. The van der Waals surface area contributed by atoms with Crippen molar-refractivity contribution in [2.45, 2.75) is 39.2 Å². The van der Waals surface area contributed by atoms with Crippen LogP contribution in [0.25, 0.3) is 0 Å². The van der Waals surface area contributed by atoms with Crippen molar-refractivity contribution in [1.29, 1.82) is 0 Å². The predicted molar refractivity (Wildman–Crippen MR) is 75.4 cm³/mol. The molecule has 5 heteroatoms. The van der Waals surface area contributed by atoms with E-state index < -0.39 is 5.97 Å². The SMILES string of the molecule is CC(C)CCN(c1ncc(C(=O)O)cc1N)C1CC1. The summed E-state index contributed by atoms with van der Waals surface area (Å²) in [4.78, 5) is 17.4. The van der Waals surface area contributed by atoms with Gasteiger partial charge in [0.05, 0.1) is 11.3 Å². The highest BCUT2D eigenvalue weighted by Gasteiger charge is 2.31. The van der Waals surface area contributed by atoms with Crippen LogP contribution in [-0.2, 0) is 0 Å². The number of carboxylic acid groups (broad SMARTS) is 1. The van der Waals surface area contributed by atoms with Crippen LogP contribution in [0.3, 0.4) is 0 Å². The normalized spacial score (nSPS) is 14.7. The number of hydrogen-bond acceptors (Lipinski definition) is 4. The van der Waals surface area contributed by atoms with E-state index in [1.165, 1.54) is 25.1 Å². The highest BCUT2D eigenvalue weighted by atomic mass is 16.4. The van der Waals surface area contributed by atoms with Crippen LogP contribution in [0, 0.1) is 5.92 Å². The lowest BCUT2D eigenvalue weighted by molar-refractivity contribution is 0.0696. The first-order chi connectivity index (χ1) is 8.99. The summed E-state index contributed by atoms with van der Waals surface area (Å²) >= 11 is 0. The molecule has 0 atom stereocenters. The molecule has 19 heavy (non-hydrogen) atoms. The number of nitrogen functional groups attached to an aromatic ring is 1. The number of carbonyl (C=O) groups is 1. The van der Waals surface area contributed by atoms with E-state index in [2.05, 4.69) is 23.7 Å². The molecule has 0 amide bonds. The van der Waals surface area contributed by atoms with E-state index in [1.807, 2.05) is 0 Å². The topological polar surface area (TPSA) is 79.5 Å². The molecule has 3 N–H and O–H groups in total. The Hall–Kier alpha value is -1.78. The Bertz CT molecular complexity index is 470. The van der Waals surface area contributed by atoms with Gasteiger partial charge in [0.2, 0.25) is 0 Å². The molecule has 0 unspecified atom stereocenters. The first-order valence-corrected chi connectivity index (χ1v) is 6.74. The minimum atomic E-state index is -0.995. The highest BCUT2D eigenvalue weighted by molar-refractivity contribution is 5.89. The molecule has 1 heterocycles. The van der Waals surface area contributed by atoms with Crippen LogP contribution in [0.15, 0.2) is 12.3 Å². The lowest BCUT2D eigenvalue weighted by Crippen LogP contribution is -2.29. The molecule has 1 aromatic rings. The van der Waals surface area contributed by atoms with Crippen molar-refractivity contribution in [3.05, 3.63) is 17.8 Å². The van der Waals surface area contributed by atoms with Crippen molar-refractivity contribution in [2.24, 2.45) is 5.92 Å². The van der Waals surface area contributed by atoms with E-state index in [0.29, 0.717) is 17.6 Å². The third-order valence-corrected chi connectivity index (χ3v) is 3.35. The van der Waals surface area contributed by atoms with E-state index in [4.69, 9.17) is 10.8 Å². The second-order valence-electron chi connectivity index (χ2n) is 5.55. The van der Waals surface area contributed by atoms with Gasteiger partial charge in [-0.05, 0) is 31.2 Å². The number of nitrogens with zero attached hydrogens (tertiary/aromatic N) is 2. The molecule has 1 aliphatic carbocycles. The van der Waals surface area contributed by atoms with Gasteiger partial charge in [-0.1, -0.05) is 13.8 Å². The van der Waals surface area contributed by atoms with Gasteiger partial charge in [0.25, 0.3) is 0 Å². The lowest BCUT2D eigenvalue weighted by atomic mass is 10.1. The number of hydrogen-bond donors (Lipinski definition) is 2. The predicted octanol–water partition coefficient (Wildman–Crippen LogP) is 2.38. The summed E-state index contributed by atoms with van der Waals surface area (Å²) in [6.07, 6.45) is 4.80. The fraction of sp³-hybridized carbons (Fsp3) is 0.571. The second kappa shape index (κ2) is 5.47. The largest absolute Gasteiger partial charge is 0.478 e. The van der Waals surface area contributed by atoms with Gasteiger partial charge in [-0.2, -0.15) is 0 Å². The standard InChI is InChI=1S/C14H21N3O2/c1-9(2)5-6-17(11-3-4-11)13-12(15)7-10(8-16-13)14(18)19/h7-9,11H,3-6,15H2,1-2H3,(H,18,19). The van der Waals surface area contributed by atoms with Crippen LogP contribution in [0.2, 0.25) is 0 Å². The monoisotopic (exact) mass is 263 g/mol. The van der Waals surface area contributed by atoms with Crippen molar-refractivity contribution in [1.82, 2.24) is 4.98 Å². The fourth-order valence-corrected chi connectivity index (χ4v) is 2.08. The molecule has 0 spiro atoms. The van der Waals surface area contributed by atoms with Crippen LogP contribution in [0.4, 0.5) is 11.5 Å². The Kier molecular flexibility index (Phi) is 3.93. The van der Waals surface area contributed by atoms with Crippen molar-refractivity contribution in [3.63, 3.8) is 0 Å². The lowest BCUT2D eigenvalue weighted by Gasteiger charge is -2.25. The molecule has 0 aliphatic heterocycles. The number of carboxylic acids is 1. The van der Waals surface area contributed by atoms with Crippen molar-refractivity contribution >= 4 is 17.5 Å². The van der Waals surface area contributed by atoms with Crippen LogP contribution in [0.5, 0.6) is 0 Å². The number of pyridine rings is 1. The first kappa shape index (κ1) is 13.6. The van der Waals surface area contributed by atoms with Crippen LogP contribution in [-0.4, -0.2) is 28.6 Å². The van der Waals surface area contributed by atoms with Crippen LogP contribution < -0.4 is 10.6 Å². The third-order valence-electron chi connectivity index (χ3n) is 3.35. The average molecular weight is 263 g/mol. The molecular formula is C14H21N3O2. The van der Waals surface area contributed by atoms with Crippen molar-refractivity contribution < 1.29 is 9.90 Å². The Morgan fingerprint density at radius 3 is 2.74 bits per heavy atom. The third kappa shape index (κ3) is 3.36. The molecule has 1 aromatic heterocycles. The number of aromatic nitrogens is 1. The smallest absolute Gasteiger partial charge is 0.337 e. The van der Waals surface area contributed by atoms with Crippen molar-refractivity contribution in [2.75, 3.05) is 17.2 Å². The number of aromatic carboxylic acids is 1. The van der Waals surface area contributed by atoms with Gasteiger partial charge in [-0.15, -0.1) is 0 Å². The number of nitrogens with two attached hydrogens (primary N) is 1. The van der Waals surface area contributed by atoms with E-state index >= 15 is 0 Å². The second-order valence-corrected chi connectivity index (χ2v) is 5.55. The molecule has 0 aromatic carbocycles. The minimum Gasteiger partial charge on any atom is -0.478 e. The zero-order valence-corrected chi connectivity index (χ0v) is 11.5. The van der Waals surface area contributed by atoms with E-state index in [1.54, 1.807) is 0 Å². The highest BCUT2D eigenvalue weighted by Crippen LogP contribution is 2.34. The van der Waals surface area contributed by atoms with Gasteiger partial charge in [0.15, 0.2) is 5.82 Å². The molecule has 0 saturated heterocycles. The summed E-state index contributed by atoms with van der Waals surface area (Å²) in [6.45, 7) is 5.30. The van der Waals surface area contributed by atoms with E-state index in [0.717, 1.165) is 18.8 Å². The Labute approximate surface area is 113 Å². The average Bonchev–Trinajstić information content (AvgIpc) is 3.14. The summed E-state index contributed by atoms with van der Waals surface area (Å²) < 4.78 is 0. The molecule has 1 aliphatic rings. The molecular weight excluding hydrogens is 242 g/mol. The summed E-state index contributed by atoms with van der Waals surface area (Å²) in [6, 6.07) is 2.01. The van der Waals surface area contributed by atoms with Gasteiger partial charge >= 0.3 is 5.97 Å². The number of rotatable bonds is 6. The minimum absolute atomic E-state index is 0.140. The van der Waals surface area contributed by atoms with Crippen molar-refractivity contribution in [3.8, 4) is 0 Å². The maximum absolute atomic E-state index is 10.9. The van der Waals surface area contributed by atoms with Crippen LogP contribution in [0.1, 0.15) is 43.5 Å². The van der Waals surface area contributed by atoms with E-state index in [9.17, 15) is 4.79 Å². The summed E-state index contributed by atoms with van der Waals surface area (Å²) in [5.41, 5.74) is 6.56.